The molecule has 0 bridgehead atoms. The molecular weight excluding hydrogens is 264 g/mol. The minimum absolute atomic E-state index is 0.0580. The van der Waals surface area contributed by atoms with Crippen molar-refractivity contribution in [2.45, 2.75) is 30.2 Å². The first-order chi connectivity index (χ1) is 9.13. The Bertz CT molecular complexity index is 508. The molecule has 1 aromatic carbocycles. The van der Waals surface area contributed by atoms with E-state index in [9.17, 15) is 8.42 Å². The monoisotopic (exact) mass is 284 g/mol. The van der Waals surface area contributed by atoms with Gasteiger partial charge in [0, 0.05) is 12.6 Å². The first kappa shape index (κ1) is 14.3. The fourth-order valence-corrected chi connectivity index (χ4v) is 3.68. The van der Waals surface area contributed by atoms with E-state index in [2.05, 4.69) is 10.0 Å². The van der Waals surface area contributed by atoms with Gasteiger partial charge in [0.2, 0.25) is 10.0 Å². The predicted molar refractivity (Wildman–Crippen MR) is 73.8 cm³/mol. The van der Waals surface area contributed by atoms with E-state index >= 15 is 0 Å². The van der Waals surface area contributed by atoms with E-state index in [1.165, 1.54) is 7.11 Å². The number of sulfonamides is 1. The molecule has 0 aliphatic carbocycles. The molecule has 5 nitrogen and oxygen atoms in total. The van der Waals surface area contributed by atoms with E-state index in [0.29, 0.717) is 12.3 Å². The number of hydrogen-bond acceptors (Lipinski definition) is 4. The van der Waals surface area contributed by atoms with Gasteiger partial charge < -0.3 is 10.1 Å². The number of para-hydroxylation sites is 1. The Labute approximate surface area is 114 Å². The van der Waals surface area contributed by atoms with E-state index in [1.54, 1.807) is 24.3 Å². The van der Waals surface area contributed by atoms with Crippen LogP contribution in [-0.4, -0.2) is 34.7 Å². The summed E-state index contributed by atoms with van der Waals surface area (Å²) in [6.07, 6.45) is 2.99. The molecule has 1 aliphatic rings. The number of ether oxygens (including phenoxy) is 1. The lowest BCUT2D eigenvalue weighted by Crippen LogP contribution is -2.40. The van der Waals surface area contributed by atoms with Crippen molar-refractivity contribution >= 4 is 10.0 Å². The minimum Gasteiger partial charge on any atom is -0.495 e. The molecule has 19 heavy (non-hydrogen) atoms. The van der Waals surface area contributed by atoms with E-state index in [4.69, 9.17) is 4.74 Å². The van der Waals surface area contributed by atoms with E-state index in [-0.39, 0.29) is 10.9 Å². The summed E-state index contributed by atoms with van der Waals surface area (Å²) >= 11 is 0. The standard InChI is InChI=1S/C13H20N2O3S/c1-18-12-7-2-3-8-13(12)19(16,17)15-11-6-4-5-9-14-10-11/h2-3,7-8,11,14-15H,4-6,9-10H2,1H3. The largest absolute Gasteiger partial charge is 0.495 e. The van der Waals surface area contributed by atoms with Gasteiger partial charge in [-0.15, -0.1) is 0 Å². The normalized spacial score (nSPS) is 20.8. The Morgan fingerprint density at radius 3 is 2.89 bits per heavy atom. The SMILES string of the molecule is COc1ccccc1S(=O)(=O)NC1CCCCNC1. The highest BCUT2D eigenvalue weighted by Gasteiger charge is 2.23. The quantitative estimate of drug-likeness (QED) is 0.869. The fourth-order valence-electron chi connectivity index (χ4n) is 2.24. The van der Waals surface area contributed by atoms with Crippen LogP contribution in [-0.2, 0) is 10.0 Å². The van der Waals surface area contributed by atoms with Gasteiger partial charge in [-0.3, -0.25) is 0 Å². The maximum Gasteiger partial charge on any atom is 0.244 e. The van der Waals surface area contributed by atoms with Gasteiger partial charge in [0.05, 0.1) is 7.11 Å². The van der Waals surface area contributed by atoms with Gasteiger partial charge in [-0.05, 0) is 31.5 Å². The van der Waals surface area contributed by atoms with Crippen LogP contribution in [0.15, 0.2) is 29.2 Å². The third-order valence-electron chi connectivity index (χ3n) is 3.23. The second kappa shape index (κ2) is 6.36. The molecule has 1 aromatic rings. The van der Waals surface area contributed by atoms with Gasteiger partial charge in [0.25, 0.3) is 0 Å². The van der Waals surface area contributed by atoms with Crippen LogP contribution in [0.25, 0.3) is 0 Å². The van der Waals surface area contributed by atoms with Crippen molar-refractivity contribution in [2.75, 3.05) is 20.2 Å². The highest BCUT2D eigenvalue weighted by Crippen LogP contribution is 2.23. The molecule has 1 heterocycles. The summed E-state index contributed by atoms with van der Waals surface area (Å²) in [6.45, 7) is 1.63. The molecule has 106 valence electrons. The number of rotatable bonds is 4. The molecule has 0 saturated carbocycles. The summed E-state index contributed by atoms with van der Waals surface area (Å²) in [4.78, 5) is 0.196. The first-order valence-electron chi connectivity index (χ1n) is 6.49. The molecule has 0 aromatic heterocycles. The molecular formula is C13H20N2O3S. The summed E-state index contributed by atoms with van der Waals surface area (Å²) in [6, 6.07) is 6.61. The first-order valence-corrected chi connectivity index (χ1v) is 7.98. The van der Waals surface area contributed by atoms with Gasteiger partial charge in [0.15, 0.2) is 0 Å². The van der Waals surface area contributed by atoms with Gasteiger partial charge in [-0.25, -0.2) is 13.1 Å². The van der Waals surface area contributed by atoms with Crippen LogP contribution < -0.4 is 14.8 Å². The Morgan fingerprint density at radius 1 is 1.32 bits per heavy atom. The lowest BCUT2D eigenvalue weighted by Gasteiger charge is -2.17. The topological polar surface area (TPSA) is 67.4 Å². The molecule has 6 heteroatoms. The van der Waals surface area contributed by atoms with Crippen molar-refractivity contribution in [3.8, 4) is 5.75 Å². The zero-order valence-corrected chi connectivity index (χ0v) is 11.9. The average molecular weight is 284 g/mol. The maximum atomic E-state index is 12.4. The third-order valence-corrected chi connectivity index (χ3v) is 4.79. The fraction of sp³-hybridized carbons (Fsp3) is 0.538. The van der Waals surface area contributed by atoms with Gasteiger partial charge in [-0.1, -0.05) is 18.6 Å². The van der Waals surface area contributed by atoms with Gasteiger partial charge in [-0.2, -0.15) is 0 Å². The van der Waals surface area contributed by atoms with Crippen molar-refractivity contribution in [1.82, 2.24) is 10.0 Å². The molecule has 2 rings (SSSR count). The molecule has 2 N–H and O–H groups in total. The molecule has 1 saturated heterocycles. The van der Waals surface area contributed by atoms with E-state index in [1.807, 2.05) is 0 Å². The minimum atomic E-state index is -3.53. The molecule has 1 fully saturated rings. The summed E-state index contributed by atoms with van der Waals surface area (Å²) < 4.78 is 32.6. The summed E-state index contributed by atoms with van der Waals surface area (Å²) in [5.41, 5.74) is 0. The number of hydrogen-bond donors (Lipinski definition) is 2. The van der Waals surface area contributed by atoms with Gasteiger partial charge >= 0.3 is 0 Å². The van der Waals surface area contributed by atoms with Crippen molar-refractivity contribution in [1.29, 1.82) is 0 Å². The summed E-state index contributed by atoms with van der Waals surface area (Å²) in [7, 11) is -2.06. The lowest BCUT2D eigenvalue weighted by molar-refractivity contribution is 0.401. The Hall–Kier alpha value is -1.11. The second-order valence-corrected chi connectivity index (χ2v) is 6.35. The number of methoxy groups -OCH3 is 1. The number of benzene rings is 1. The van der Waals surface area contributed by atoms with Crippen molar-refractivity contribution < 1.29 is 13.2 Å². The second-order valence-electron chi connectivity index (χ2n) is 4.67. The van der Waals surface area contributed by atoms with E-state index in [0.717, 1.165) is 25.8 Å². The molecule has 1 unspecified atom stereocenters. The van der Waals surface area contributed by atoms with Crippen LogP contribution in [0.1, 0.15) is 19.3 Å². The Balaban J connectivity index is 2.17. The predicted octanol–water partition coefficient (Wildman–Crippen LogP) is 1.12. The lowest BCUT2D eigenvalue weighted by atomic mass is 10.2. The van der Waals surface area contributed by atoms with Crippen LogP contribution in [0.5, 0.6) is 5.75 Å². The zero-order valence-electron chi connectivity index (χ0n) is 11.1. The highest BCUT2D eigenvalue weighted by atomic mass is 32.2. The molecule has 0 spiro atoms. The maximum absolute atomic E-state index is 12.4. The Morgan fingerprint density at radius 2 is 2.11 bits per heavy atom. The zero-order chi connectivity index (χ0) is 13.7. The van der Waals surface area contributed by atoms with Crippen molar-refractivity contribution in [3.63, 3.8) is 0 Å². The van der Waals surface area contributed by atoms with Crippen LogP contribution in [0.3, 0.4) is 0 Å². The van der Waals surface area contributed by atoms with Crippen molar-refractivity contribution in [2.24, 2.45) is 0 Å². The smallest absolute Gasteiger partial charge is 0.244 e. The summed E-state index contributed by atoms with van der Waals surface area (Å²) in [5, 5.41) is 3.24. The molecule has 1 aliphatic heterocycles. The third kappa shape index (κ3) is 3.68. The molecule has 0 amide bonds. The Kier molecular flexibility index (Phi) is 4.79. The molecule has 1 atom stereocenters. The highest BCUT2D eigenvalue weighted by molar-refractivity contribution is 7.89. The average Bonchev–Trinajstić information content (AvgIpc) is 2.67. The van der Waals surface area contributed by atoms with E-state index < -0.39 is 10.0 Å². The van der Waals surface area contributed by atoms with Crippen molar-refractivity contribution in [3.05, 3.63) is 24.3 Å². The van der Waals surface area contributed by atoms with Crippen LogP contribution in [0.2, 0.25) is 0 Å². The van der Waals surface area contributed by atoms with Gasteiger partial charge in [0.1, 0.15) is 10.6 Å². The summed E-state index contributed by atoms with van der Waals surface area (Å²) in [5.74, 6) is 0.372. The number of nitrogens with one attached hydrogen (secondary N) is 2. The van der Waals surface area contributed by atoms with Crippen LogP contribution >= 0.6 is 0 Å². The van der Waals surface area contributed by atoms with Crippen LogP contribution in [0.4, 0.5) is 0 Å². The van der Waals surface area contributed by atoms with Crippen LogP contribution in [0, 0.1) is 0 Å². The molecule has 0 radical (unpaired) electrons.